The summed E-state index contributed by atoms with van der Waals surface area (Å²) >= 11 is 1.67. The predicted octanol–water partition coefficient (Wildman–Crippen LogP) is 3.80. The molecule has 94 valence electrons. The molecule has 0 fully saturated rings. The summed E-state index contributed by atoms with van der Waals surface area (Å²) in [6, 6.07) is 5.89. The van der Waals surface area contributed by atoms with Gasteiger partial charge in [0.1, 0.15) is 0 Å². The Morgan fingerprint density at radius 1 is 1.33 bits per heavy atom. The number of carbonyl (C=O) groups is 1. The van der Waals surface area contributed by atoms with Crippen molar-refractivity contribution >= 4 is 29.4 Å². The maximum absolute atomic E-state index is 12.0. The Hall–Kier alpha value is -1.68. The highest BCUT2D eigenvalue weighted by molar-refractivity contribution is 7.10. The number of aromatic nitrogens is 2. The normalized spacial score (nSPS) is 12.2. The molecule has 0 aliphatic rings. The Morgan fingerprint density at radius 2 is 2.11 bits per heavy atom. The average Bonchev–Trinajstić information content (AvgIpc) is 2.95. The van der Waals surface area contributed by atoms with Crippen LogP contribution in [0.4, 0.5) is 0 Å². The maximum atomic E-state index is 12.0. The molecule has 2 rings (SSSR count). The zero-order valence-electron chi connectivity index (χ0n) is 10.8. The molecule has 0 saturated carbocycles. The molecule has 0 N–H and O–H groups in total. The van der Waals surface area contributed by atoms with Crippen molar-refractivity contribution in [2.45, 2.75) is 20.8 Å². The first kappa shape index (κ1) is 12.8. The third-order valence-corrected chi connectivity index (χ3v) is 3.26. The molecule has 2 aromatic rings. The smallest absolute Gasteiger partial charge is 0.252 e. The van der Waals surface area contributed by atoms with Crippen molar-refractivity contribution in [3.63, 3.8) is 0 Å². The minimum atomic E-state index is -0.416. The van der Waals surface area contributed by atoms with Crippen molar-refractivity contribution in [3.05, 3.63) is 40.3 Å². The van der Waals surface area contributed by atoms with Gasteiger partial charge in [-0.25, -0.2) is 4.68 Å². The van der Waals surface area contributed by atoms with Crippen molar-refractivity contribution in [1.29, 1.82) is 0 Å². The second kappa shape index (κ2) is 4.90. The van der Waals surface area contributed by atoms with Gasteiger partial charge >= 0.3 is 0 Å². The molecule has 0 radical (unpaired) electrons. The molecule has 18 heavy (non-hydrogen) atoms. The largest absolute Gasteiger partial charge is 0.272 e. The van der Waals surface area contributed by atoms with E-state index in [2.05, 4.69) is 5.10 Å². The highest BCUT2D eigenvalue weighted by Gasteiger charge is 2.23. The van der Waals surface area contributed by atoms with Gasteiger partial charge in [-0.2, -0.15) is 5.10 Å². The molecule has 2 heterocycles. The van der Waals surface area contributed by atoms with E-state index in [0.717, 1.165) is 5.69 Å². The molecular weight excluding hydrogens is 244 g/mol. The number of hydrogen-bond donors (Lipinski definition) is 0. The first-order valence-corrected chi connectivity index (χ1v) is 6.67. The second-order valence-corrected chi connectivity index (χ2v) is 6.07. The fourth-order valence-corrected chi connectivity index (χ4v) is 2.06. The first-order chi connectivity index (χ1) is 8.47. The van der Waals surface area contributed by atoms with Gasteiger partial charge in [0, 0.05) is 16.5 Å². The van der Waals surface area contributed by atoms with Crippen LogP contribution in [0.15, 0.2) is 29.8 Å². The minimum Gasteiger partial charge on any atom is -0.272 e. The predicted molar refractivity (Wildman–Crippen MR) is 75.6 cm³/mol. The van der Waals surface area contributed by atoms with Gasteiger partial charge < -0.3 is 0 Å². The Bertz CT molecular complexity index is 559. The molecular formula is C14H16N2OS. The summed E-state index contributed by atoms with van der Waals surface area (Å²) in [5.41, 5.74) is 0.377. The number of hydrogen-bond acceptors (Lipinski definition) is 3. The van der Waals surface area contributed by atoms with Crippen molar-refractivity contribution in [2.24, 2.45) is 5.41 Å². The monoisotopic (exact) mass is 260 g/mol. The molecule has 0 aliphatic carbocycles. The molecule has 4 heteroatoms. The lowest BCUT2D eigenvalue weighted by Crippen LogP contribution is -2.27. The Kier molecular flexibility index (Phi) is 3.48. The summed E-state index contributed by atoms with van der Waals surface area (Å²) in [4.78, 5) is 13.2. The average molecular weight is 260 g/mol. The van der Waals surface area contributed by atoms with Gasteiger partial charge in [0.15, 0.2) is 0 Å². The molecule has 3 nitrogen and oxygen atoms in total. The third kappa shape index (κ3) is 2.96. The standard InChI is InChI=1S/C14H16N2OS/c1-14(2,3)13(17)16-9-8-11(15-16)6-7-12-5-4-10-18-12/h4-10H,1-3H3/b7-6+. The van der Waals surface area contributed by atoms with Crippen LogP contribution in [0.25, 0.3) is 12.2 Å². The van der Waals surface area contributed by atoms with Crippen LogP contribution in [-0.2, 0) is 0 Å². The molecule has 0 saturated heterocycles. The fraction of sp³-hybridized carbons (Fsp3) is 0.286. The summed E-state index contributed by atoms with van der Waals surface area (Å²) in [6.07, 6.45) is 5.62. The molecule has 0 atom stereocenters. The van der Waals surface area contributed by atoms with E-state index in [0.29, 0.717) is 0 Å². The lowest BCUT2D eigenvalue weighted by molar-refractivity contribution is 0.0748. The molecule has 0 spiro atoms. The lowest BCUT2D eigenvalue weighted by atomic mass is 9.96. The van der Waals surface area contributed by atoms with Gasteiger partial charge in [-0.15, -0.1) is 11.3 Å². The van der Waals surface area contributed by atoms with Crippen LogP contribution < -0.4 is 0 Å². The molecule has 0 aromatic carbocycles. The Labute approximate surface area is 111 Å². The highest BCUT2D eigenvalue weighted by Crippen LogP contribution is 2.17. The van der Waals surface area contributed by atoms with Crippen molar-refractivity contribution in [1.82, 2.24) is 9.78 Å². The van der Waals surface area contributed by atoms with Crippen molar-refractivity contribution in [2.75, 3.05) is 0 Å². The van der Waals surface area contributed by atoms with Crippen LogP contribution in [-0.4, -0.2) is 15.7 Å². The SMILES string of the molecule is CC(C)(C)C(=O)n1ccc(/C=C/c2cccs2)n1. The first-order valence-electron chi connectivity index (χ1n) is 5.79. The van der Waals surface area contributed by atoms with E-state index in [9.17, 15) is 4.79 Å². The van der Waals surface area contributed by atoms with E-state index in [1.165, 1.54) is 9.56 Å². The van der Waals surface area contributed by atoms with Crippen LogP contribution in [0.3, 0.4) is 0 Å². The van der Waals surface area contributed by atoms with Crippen LogP contribution in [0, 0.1) is 5.41 Å². The van der Waals surface area contributed by atoms with E-state index in [-0.39, 0.29) is 5.91 Å². The van der Waals surface area contributed by atoms with Crippen LogP contribution in [0.5, 0.6) is 0 Å². The van der Waals surface area contributed by atoms with Crippen molar-refractivity contribution in [3.8, 4) is 0 Å². The summed E-state index contributed by atoms with van der Waals surface area (Å²) in [6.45, 7) is 5.66. The summed E-state index contributed by atoms with van der Waals surface area (Å²) in [5.74, 6) is -0.00160. The number of thiophene rings is 1. The van der Waals surface area contributed by atoms with Gasteiger partial charge in [-0.1, -0.05) is 26.8 Å². The van der Waals surface area contributed by atoms with Gasteiger partial charge in [0.2, 0.25) is 0 Å². The van der Waals surface area contributed by atoms with E-state index < -0.39 is 5.41 Å². The zero-order valence-corrected chi connectivity index (χ0v) is 11.6. The van der Waals surface area contributed by atoms with Gasteiger partial charge in [0.25, 0.3) is 5.91 Å². The number of nitrogens with zero attached hydrogens (tertiary/aromatic N) is 2. The molecule has 0 amide bonds. The molecule has 2 aromatic heterocycles. The summed E-state index contributed by atoms with van der Waals surface area (Å²) < 4.78 is 1.41. The van der Waals surface area contributed by atoms with Gasteiger partial charge in [0.05, 0.1) is 5.69 Å². The van der Waals surface area contributed by atoms with Gasteiger partial charge in [-0.05, 0) is 29.7 Å². The van der Waals surface area contributed by atoms with Crippen LogP contribution >= 0.6 is 11.3 Å². The number of carbonyl (C=O) groups excluding carboxylic acids is 1. The molecule has 0 aliphatic heterocycles. The van der Waals surface area contributed by atoms with E-state index >= 15 is 0 Å². The van der Waals surface area contributed by atoms with E-state index in [4.69, 9.17) is 0 Å². The van der Waals surface area contributed by atoms with Crippen molar-refractivity contribution < 1.29 is 4.79 Å². The highest BCUT2D eigenvalue weighted by atomic mass is 32.1. The van der Waals surface area contributed by atoms with Crippen LogP contribution in [0.1, 0.15) is 36.1 Å². The fourth-order valence-electron chi connectivity index (χ4n) is 1.44. The van der Waals surface area contributed by atoms with Crippen LogP contribution in [0.2, 0.25) is 0 Å². The number of rotatable bonds is 2. The Balaban J connectivity index is 2.14. The third-order valence-electron chi connectivity index (χ3n) is 2.42. The van der Waals surface area contributed by atoms with E-state index in [1.807, 2.05) is 56.5 Å². The maximum Gasteiger partial charge on any atom is 0.252 e. The lowest BCUT2D eigenvalue weighted by Gasteiger charge is -2.15. The second-order valence-electron chi connectivity index (χ2n) is 5.09. The molecule has 0 bridgehead atoms. The quantitative estimate of drug-likeness (QED) is 0.823. The minimum absolute atomic E-state index is 0.00160. The Morgan fingerprint density at radius 3 is 2.72 bits per heavy atom. The topological polar surface area (TPSA) is 34.9 Å². The van der Waals surface area contributed by atoms with Gasteiger partial charge in [-0.3, -0.25) is 4.79 Å². The van der Waals surface area contributed by atoms with E-state index in [1.54, 1.807) is 17.5 Å². The molecule has 0 unspecified atom stereocenters. The summed E-state index contributed by atoms with van der Waals surface area (Å²) in [5, 5.41) is 6.29. The summed E-state index contributed by atoms with van der Waals surface area (Å²) in [7, 11) is 0. The zero-order chi connectivity index (χ0) is 13.2.